The van der Waals surface area contributed by atoms with Gasteiger partial charge in [0.05, 0.1) is 11.4 Å². The number of fused-ring (bicyclic) bond motifs is 1. The van der Waals surface area contributed by atoms with Crippen LogP contribution in [0.2, 0.25) is 0 Å². The summed E-state index contributed by atoms with van der Waals surface area (Å²) in [6, 6.07) is 7.54. The minimum atomic E-state index is -1.15. The van der Waals surface area contributed by atoms with Gasteiger partial charge in [-0.15, -0.1) is 0 Å². The van der Waals surface area contributed by atoms with Crippen LogP contribution in [0.15, 0.2) is 36.4 Å². The third-order valence-corrected chi connectivity index (χ3v) is 5.40. The molecule has 7 heteroatoms. The summed E-state index contributed by atoms with van der Waals surface area (Å²) in [7, 11) is 0. The summed E-state index contributed by atoms with van der Waals surface area (Å²) in [5, 5.41) is 19.6. The average molecular weight is 401 g/mol. The van der Waals surface area contributed by atoms with Crippen molar-refractivity contribution in [3.8, 4) is 5.75 Å². The fourth-order valence-electron chi connectivity index (χ4n) is 3.76. The van der Waals surface area contributed by atoms with Gasteiger partial charge in [-0.2, -0.15) is 0 Å². The van der Waals surface area contributed by atoms with Crippen molar-refractivity contribution in [1.82, 2.24) is 4.57 Å². The van der Waals surface area contributed by atoms with Crippen molar-refractivity contribution in [2.45, 2.75) is 33.1 Å². The number of carboxylic acid groups (broad SMARTS) is 1. The molecule has 0 radical (unpaired) electrons. The van der Waals surface area contributed by atoms with E-state index in [1.807, 2.05) is 6.92 Å². The van der Waals surface area contributed by atoms with Gasteiger partial charge in [0.15, 0.2) is 11.6 Å². The quantitative estimate of drug-likeness (QED) is 0.641. The number of rotatable bonds is 5. The lowest BCUT2D eigenvalue weighted by Gasteiger charge is -2.20. The Labute approximate surface area is 166 Å². The maximum atomic E-state index is 14.9. The molecule has 0 saturated heterocycles. The molecule has 0 aliphatic rings. The highest BCUT2D eigenvalue weighted by molar-refractivity contribution is 6.05. The minimum Gasteiger partial charge on any atom is -0.505 e. The van der Waals surface area contributed by atoms with Crippen molar-refractivity contribution < 1.29 is 28.6 Å². The molecule has 29 heavy (non-hydrogen) atoms. The summed E-state index contributed by atoms with van der Waals surface area (Å²) >= 11 is 0. The smallest absolute Gasteiger partial charge is 0.311 e. The second-order valence-electron chi connectivity index (χ2n) is 7.14. The number of carbonyl (C=O) groups is 2. The van der Waals surface area contributed by atoms with Crippen LogP contribution in [0, 0.1) is 24.5 Å². The molecule has 2 aromatic carbocycles. The number of hydrogen-bond acceptors (Lipinski definition) is 3. The van der Waals surface area contributed by atoms with Crippen LogP contribution < -0.4 is 0 Å². The molecule has 0 amide bonds. The van der Waals surface area contributed by atoms with Crippen LogP contribution in [0.5, 0.6) is 5.75 Å². The first-order valence-electron chi connectivity index (χ1n) is 9.24. The predicted molar refractivity (Wildman–Crippen MR) is 104 cm³/mol. The van der Waals surface area contributed by atoms with Crippen LogP contribution in [0.1, 0.15) is 47.8 Å². The van der Waals surface area contributed by atoms with Gasteiger partial charge in [-0.05, 0) is 48.7 Å². The van der Waals surface area contributed by atoms with Gasteiger partial charge in [0, 0.05) is 16.6 Å². The molecular weight excluding hydrogens is 380 g/mol. The van der Waals surface area contributed by atoms with Gasteiger partial charge in [0.1, 0.15) is 5.82 Å². The molecule has 3 aromatic rings. The van der Waals surface area contributed by atoms with Crippen molar-refractivity contribution in [3.63, 3.8) is 0 Å². The number of halogens is 2. The van der Waals surface area contributed by atoms with Gasteiger partial charge in [-0.25, -0.2) is 8.78 Å². The second-order valence-corrected chi connectivity index (χ2v) is 7.14. The van der Waals surface area contributed by atoms with Crippen LogP contribution in [0.3, 0.4) is 0 Å². The van der Waals surface area contributed by atoms with Gasteiger partial charge >= 0.3 is 5.97 Å². The number of phenols is 1. The Morgan fingerprint density at radius 2 is 1.86 bits per heavy atom. The Bertz CT molecular complexity index is 1120. The Balaban J connectivity index is 2.39. The highest BCUT2D eigenvalue weighted by atomic mass is 19.1. The lowest BCUT2D eigenvalue weighted by Crippen LogP contribution is -2.21. The van der Waals surface area contributed by atoms with E-state index in [0.717, 1.165) is 12.1 Å². The molecule has 1 aromatic heterocycles. The molecule has 2 N–H and O–H groups in total. The summed E-state index contributed by atoms with van der Waals surface area (Å²) < 4.78 is 29.8. The van der Waals surface area contributed by atoms with Crippen LogP contribution in [0.4, 0.5) is 8.78 Å². The molecule has 0 fully saturated rings. The van der Waals surface area contributed by atoms with E-state index in [1.54, 1.807) is 6.92 Å². The Hall–Kier alpha value is -3.22. The molecule has 5 nitrogen and oxygen atoms in total. The number of aromatic hydroxyl groups is 1. The Morgan fingerprint density at radius 3 is 2.45 bits per heavy atom. The van der Waals surface area contributed by atoms with E-state index in [-0.39, 0.29) is 33.6 Å². The standard InChI is InChI=1S/C22H21F2NO4/c1-4-11(2)17(22(28)29)18-12(3)25(15-8-9-16(26)20(24)19(15)18)21(27)13-6-5-7-14(23)10-13/h5-11,17,26H,4H2,1-3H3,(H,28,29)/t11?,17-/m1/s1. The van der Waals surface area contributed by atoms with Crippen molar-refractivity contribution in [2.75, 3.05) is 0 Å². The second kappa shape index (κ2) is 7.66. The number of nitrogens with zero attached hydrogens (tertiary/aromatic N) is 1. The van der Waals surface area contributed by atoms with E-state index in [1.165, 1.54) is 35.8 Å². The highest BCUT2D eigenvalue weighted by Gasteiger charge is 2.34. The number of phenolic OH excluding ortho intramolecular Hbond substituents is 1. The summed E-state index contributed by atoms with van der Waals surface area (Å²) in [6.07, 6.45) is 0.515. The van der Waals surface area contributed by atoms with Crippen molar-refractivity contribution in [1.29, 1.82) is 0 Å². The molecule has 2 atom stereocenters. The molecule has 0 aliphatic heterocycles. The first-order valence-corrected chi connectivity index (χ1v) is 9.24. The van der Waals surface area contributed by atoms with E-state index in [2.05, 4.69) is 0 Å². The summed E-state index contributed by atoms with van der Waals surface area (Å²) in [4.78, 5) is 25.2. The molecule has 0 saturated carbocycles. The Kier molecular flexibility index (Phi) is 5.42. The molecular formula is C22H21F2NO4. The molecule has 0 spiro atoms. The zero-order chi connectivity index (χ0) is 21.5. The van der Waals surface area contributed by atoms with E-state index in [0.29, 0.717) is 6.42 Å². The monoisotopic (exact) mass is 401 g/mol. The van der Waals surface area contributed by atoms with Crippen LogP contribution in [0.25, 0.3) is 10.9 Å². The molecule has 3 rings (SSSR count). The lowest BCUT2D eigenvalue weighted by molar-refractivity contribution is -0.140. The molecule has 1 unspecified atom stereocenters. The third-order valence-electron chi connectivity index (χ3n) is 5.40. The maximum absolute atomic E-state index is 14.9. The summed E-state index contributed by atoms with van der Waals surface area (Å²) in [6.45, 7) is 5.08. The zero-order valence-electron chi connectivity index (χ0n) is 16.2. The van der Waals surface area contributed by atoms with Gasteiger partial charge in [-0.3, -0.25) is 14.2 Å². The van der Waals surface area contributed by atoms with Crippen molar-refractivity contribution in [2.24, 2.45) is 5.92 Å². The number of hydrogen-bond donors (Lipinski definition) is 2. The van der Waals surface area contributed by atoms with Gasteiger partial charge in [0.25, 0.3) is 5.91 Å². The number of aromatic nitrogens is 1. The van der Waals surface area contributed by atoms with E-state index in [9.17, 15) is 28.6 Å². The molecule has 1 heterocycles. The fourth-order valence-corrected chi connectivity index (χ4v) is 3.76. The first kappa shape index (κ1) is 20.5. The van der Waals surface area contributed by atoms with E-state index >= 15 is 0 Å². The highest BCUT2D eigenvalue weighted by Crippen LogP contribution is 2.40. The third kappa shape index (κ3) is 3.37. The normalized spacial score (nSPS) is 13.4. The van der Waals surface area contributed by atoms with Gasteiger partial charge in [-0.1, -0.05) is 26.3 Å². The number of carbonyl (C=O) groups excluding carboxylic acids is 1. The molecule has 0 bridgehead atoms. The maximum Gasteiger partial charge on any atom is 0.311 e. The van der Waals surface area contributed by atoms with Crippen LogP contribution in [-0.2, 0) is 4.79 Å². The summed E-state index contributed by atoms with van der Waals surface area (Å²) in [5.74, 6) is -5.42. The SMILES string of the molecule is CCC(C)[C@@H](C(=O)O)c1c(C)n(C(=O)c2cccc(F)c2)c2ccc(O)c(F)c12. The average Bonchev–Trinajstić information content (AvgIpc) is 2.96. The van der Waals surface area contributed by atoms with Gasteiger partial charge in [0.2, 0.25) is 0 Å². The molecule has 152 valence electrons. The zero-order valence-corrected chi connectivity index (χ0v) is 16.2. The minimum absolute atomic E-state index is 0.0421. The van der Waals surface area contributed by atoms with E-state index in [4.69, 9.17) is 0 Å². The van der Waals surface area contributed by atoms with Crippen molar-refractivity contribution >= 4 is 22.8 Å². The molecule has 0 aliphatic carbocycles. The number of benzene rings is 2. The predicted octanol–water partition coefficient (Wildman–Crippen LogP) is 4.84. The number of carboxylic acids is 1. The lowest BCUT2D eigenvalue weighted by atomic mass is 9.84. The van der Waals surface area contributed by atoms with E-state index < -0.39 is 35.2 Å². The summed E-state index contributed by atoms with van der Waals surface area (Å²) in [5.41, 5.74) is 0.545. The number of aliphatic carboxylic acids is 1. The van der Waals surface area contributed by atoms with Crippen molar-refractivity contribution in [3.05, 3.63) is 64.9 Å². The Morgan fingerprint density at radius 1 is 1.17 bits per heavy atom. The van der Waals surface area contributed by atoms with Crippen LogP contribution in [-0.4, -0.2) is 26.7 Å². The largest absolute Gasteiger partial charge is 0.505 e. The first-order chi connectivity index (χ1) is 13.7. The topological polar surface area (TPSA) is 79.5 Å². The fraction of sp³-hybridized carbons (Fsp3) is 0.273. The van der Waals surface area contributed by atoms with Crippen LogP contribution >= 0.6 is 0 Å². The van der Waals surface area contributed by atoms with Gasteiger partial charge < -0.3 is 10.2 Å².